The van der Waals surface area contributed by atoms with E-state index in [-0.39, 0.29) is 11.7 Å². The van der Waals surface area contributed by atoms with Crippen molar-refractivity contribution in [3.8, 4) is 0 Å². The number of nitrogens with one attached hydrogen (secondary N) is 1. The van der Waals surface area contributed by atoms with Gasteiger partial charge in [-0.1, -0.05) is 5.16 Å². The minimum Gasteiger partial charge on any atom is -0.359 e. The largest absolute Gasteiger partial charge is 0.359 e. The highest BCUT2D eigenvalue weighted by atomic mass is 19.1. The second kappa shape index (κ2) is 5.75. The zero-order valence-electron chi connectivity index (χ0n) is 12.0. The lowest BCUT2D eigenvalue weighted by Gasteiger charge is -2.23. The summed E-state index contributed by atoms with van der Waals surface area (Å²) in [6.45, 7) is 2.35. The monoisotopic (exact) mass is 307 g/mol. The first-order valence-electron chi connectivity index (χ1n) is 7.00. The Labute approximate surface area is 125 Å². The first kappa shape index (κ1) is 14.5. The number of rotatable bonds is 2. The number of nitrogens with zero attached hydrogens (tertiary/aromatic N) is 2. The van der Waals surface area contributed by atoms with Crippen molar-refractivity contribution < 1.29 is 18.1 Å². The van der Waals surface area contributed by atoms with Crippen molar-refractivity contribution >= 4 is 11.7 Å². The van der Waals surface area contributed by atoms with Crippen LogP contribution in [0.15, 0.2) is 28.8 Å². The third-order valence-electron chi connectivity index (χ3n) is 3.66. The van der Waals surface area contributed by atoms with Gasteiger partial charge in [-0.3, -0.25) is 0 Å². The molecule has 2 aromatic rings. The van der Waals surface area contributed by atoms with Crippen molar-refractivity contribution in [2.75, 3.05) is 11.9 Å². The van der Waals surface area contributed by atoms with Crippen molar-refractivity contribution in [1.29, 1.82) is 0 Å². The molecule has 2 heterocycles. The van der Waals surface area contributed by atoms with Crippen molar-refractivity contribution in [1.82, 2.24) is 10.1 Å². The molecule has 2 amide bonds. The summed E-state index contributed by atoms with van der Waals surface area (Å²) in [5, 5.41) is 6.30. The maximum Gasteiger partial charge on any atom is 0.322 e. The molecule has 0 aliphatic carbocycles. The van der Waals surface area contributed by atoms with E-state index in [4.69, 9.17) is 4.52 Å². The summed E-state index contributed by atoms with van der Waals surface area (Å²) in [5.41, 5.74) is 0.692. The molecule has 1 aromatic carbocycles. The van der Waals surface area contributed by atoms with Gasteiger partial charge in [0.25, 0.3) is 0 Å². The standard InChI is InChI=1S/C15H15F2N3O2/c1-9-7-14(22-19-9)13-3-2-6-20(13)15(21)18-12-5-4-10(16)8-11(12)17/h4-5,7-8,13H,2-3,6H2,1H3,(H,18,21)/t13-/m0/s1. The van der Waals surface area contributed by atoms with Gasteiger partial charge in [0.1, 0.15) is 11.6 Å². The molecule has 1 aliphatic rings. The molecule has 22 heavy (non-hydrogen) atoms. The van der Waals surface area contributed by atoms with Gasteiger partial charge in [-0.15, -0.1) is 0 Å². The first-order chi connectivity index (χ1) is 10.5. The molecule has 0 saturated carbocycles. The lowest BCUT2D eigenvalue weighted by molar-refractivity contribution is 0.195. The van der Waals surface area contributed by atoms with Crippen LogP contribution in [0.5, 0.6) is 0 Å². The number of benzene rings is 1. The van der Waals surface area contributed by atoms with Crippen LogP contribution in [-0.2, 0) is 0 Å². The number of carbonyl (C=O) groups is 1. The van der Waals surface area contributed by atoms with E-state index in [0.717, 1.165) is 30.7 Å². The average molecular weight is 307 g/mol. The zero-order valence-corrected chi connectivity index (χ0v) is 12.0. The number of anilines is 1. The fourth-order valence-corrected chi connectivity index (χ4v) is 2.62. The van der Waals surface area contributed by atoms with Crippen LogP contribution in [0, 0.1) is 18.6 Å². The molecule has 0 unspecified atom stereocenters. The number of amides is 2. The van der Waals surface area contributed by atoms with E-state index in [9.17, 15) is 13.6 Å². The van der Waals surface area contributed by atoms with Gasteiger partial charge in [0.15, 0.2) is 5.76 Å². The second-order valence-corrected chi connectivity index (χ2v) is 5.28. The molecule has 7 heteroatoms. The molecule has 0 spiro atoms. The fourth-order valence-electron chi connectivity index (χ4n) is 2.62. The summed E-state index contributed by atoms with van der Waals surface area (Å²) in [6, 6.07) is 4.16. The highest BCUT2D eigenvalue weighted by Gasteiger charge is 2.33. The van der Waals surface area contributed by atoms with Crippen molar-refractivity contribution in [2.24, 2.45) is 0 Å². The van der Waals surface area contributed by atoms with E-state index in [1.54, 1.807) is 17.9 Å². The number of likely N-dealkylation sites (tertiary alicyclic amines) is 1. The quantitative estimate of drug-likeness (QED) is 0.921. The minimum absolute atomic E-state index is 0.0502. The number of halogens is 2. The Kier molecular flexibility index (Phi) is 3.79. The van der Waals surface area contributed by atoms with Gasteiger partial charge in [-0.2, -0.15) is 0 Å². The summed E-state index contributed by atoms with van der Waals surface area (Å²) in [5.74, 6) is -0.879. The van der Waals surface area contributed by atoms with Gasteiger partial charge >= 0.3 is 6.03 Å². The van der Waals surface area contributed by atoms with Gasteiger partial charge in [-0.25, -0.2) is 13.6 Å². The van der Waals surface area contributed by atoms with Crippen LogP contribution in [0.4, 0.5) is 19.3 Å². The van der Waals surface area contributed by atoms with Crippen LogP contribution < -0.4 is 5.32 Å². The molecular weight excluding hydrogens is 292 g/mol. The topological polar surface area (TPSA) is 58.4 Å². The van der Waals surface area contributed by atoms with E-state index in [2.05, 4.69) is 10.5 Å². The van der Waals surface area contributed by atoms with Gasteiger partial charge in [0.2, 0.25) is 0 Å². The summed E-state index contributed by atoms with van der Waals surface area (Å²) in [4.78, 5) is 13.9. The molecule has 1 N–H and O–H groups in total. The Morgan fingerprint density at radius 2 is 2.23 bits per heavy atom. The number of hydrogen-bond acceptors (Lipinski definition) is 3. The molecule has 5 nitrogen and oxygen atoms in total. The SMILES string of the molecule is Cc1cc([C@@H]2CCCN2C(=O)Nc2ccc(F)cc2F)on1. The Morgan fingerprint density at radius 3 is 2.91 bits per heavy atom. The maximum absolute atomic E-state index is 13.6. The van der Waals surface area contributed by atoms with Crippen LogP contribution in [0.1, 0.15) is 30.3 Å². The number of hydrogen-bond donors (Lipinski definition) is 1. The molecule has 1 fully saturated rings. The second-order valence-electron chi connectivity index (χ2n) is 5.28. The Balaban J connectivity index is 1.76. The van der Waals surface area contributed by atoms with Gasteiger partial charge in [0.05, 0.1) is 17.4 Å². The lowest BCUT2D eigenvalue weighted by Crippen LogP contribution is -2.34. The molecule has 1 aromatic heterocycles. The predicted molar refractivity (Wildman–Crippen MR) is 75.3 cm³/mol. The van der Waals surface area contributed by atoms with Gasteiger partial charge in [-0.05, 0) is 31.9 Å². The molecule has 0 bridgehead atoms. The van der Waals surface area contributed by atoms with E-state index in [0.29, 0.717) is 12.3 Å². The van der Waals surface area contributed by atoms with Crippen LogP contribution in [0.2, 0.25) is 0 Å². The summed E-state index contributed by atoms with van der Waals surface area (Å²) in [7, 11) is 0. The van der Waals surface area contributed by atoms with Crippen LogP contribution in [-0.4, -0.2) is 22.6 Å². The van der Waals surface area contributed by atoms with E-state index in [1.165, 1.54) is 6.07 Å². The smallest absolute Gasteiger partial charge is 0.322 e. The molecule has 1 aliphatic heterocycles. The van der Waals surface area contributed by atoms with Crippen molar-refractivity contribution in [3.05, 3.63) is 47.4 Å². The Morgan fingerprint density at radius 1 is 1.41 bits per heavy atom. The van der Waals surface area contributed by atoms with Gasteiger partial charge < -0.3 is 14.7 Å². The Bertz CT molecular complexity index is 702. The lowest BCUT2D eigenvalue weighted by atomic mass is 10.1. The molecule has 1 saturated heterocycles. The van der Waals surface area contributed by atoms with E-state index in [1.807, 2.05) is 0 Å². The average Bonchev–Trinajstić information content (AvgIpc) is 3.10. The van der Waals surface area contributed by atoms with Gasteiger partial charge in [0, 0.05) is 18.7 Å². The predicted octanol–water partition coefficient (Wildman–Crippen LogP) is 3.63. The third kappa shape index (κ3) is 2.79. The third-order valence-corrected chi connectivity index (χ3v) is 3.66. The normalized spacial score (nSPS) is 17.8. The minimum atomic E-state index is -0.806. The summed E-state index contributed by atoms with van der Waals surface area (Å²) >= 11 is 0. The molecule has 1 atom stereocenters. The highest BCUT2D eigenvalue weighted by Crippen LogP contribution is 2.32. The fraction of sp³-hybridized carbons (Fsp3) is 0.333. The van der Waals surface area contributed by atoms with E-state index < -0.39 is 17.7 Å². The number of carbonyl (C=O) groups excluding carboxylic acids is 1. The van der Waals surface area contributed by atoms with Crippen molar-refractivity contribution in [3.63, 3.8) is 0 Å². The number of aryl methyl sites for hydroxylation is 1. The molecule has 3 rings (SSSR count). The van der Waals surface area contributed by atoms with Crippen molar-refractivity contribution in [2.45, 2.75) is 25.8 Å². The first-order valence-corrected chi connectivity index (χ1v) is 7.00. The van der Waals surface area contributed by atoms with Crippen LogP contribution >= 0.6 is 0 Å². The molecule has 116 valence electrons. The summed E-state index contributed by atoms with van der Waals surface area (Å²) < 4.78 is 31.7. The number of aromatic nitrogens is 1. The zero-order chi connectivity index (χ0) is 15.7. The molecular formula is C15H15F2N3O2. The van der Waals surface area contributed by atoms with E-state index >= 15 is 0 Å². The van der Waals surface area contributed by atoms with Crippen LogP contribution in [0.25, 0.3) is 0 Å². The van der Waals surface area contributed by atoms with Crippen LogP contribution in [0.3, 0.4) is 0 Å². The molecule has 0 radical (unpaired) electrons. The highest BCUT2D eigenvalue weighted by molar-refractivity contribution is 5.89. The maximum atomic E-state index is 13.6. The summed E-state index contributed by atoms with van der Waals surface area (Å²) in [6.07, 6.45) is 1.58. The Hall–Kier alpha value is -2.44. The number of urea groups is 1.